The third-order valence-electron chi connectivity index (χ3n) is 4.14. The second kappa shape index (κ2) is 9.02. The lowest BCUT2D eigenvalue weighted by Crippen LogP contribution is -2.10. The number of esters is 1. The molecule has 0 atom stereocenters. The maximum atomic E-state index is 12.6. The Morgan fingerprint density at radius 3 is 2.33 bits per heavy atom. The van der Waals surface area contributed by atoms with Crippen LogP contribution in [0.3, 0.4) is 0 Å². The number of hydrogen-bond acceptors (Lipinski definition) is 6. The van der Waals surface area contributed by atoms with E-state index in [1.807, 2.05) is 26.0 Å². The molecule has 0 bridgehead atoms. The molecule has 7 nitrogen and oxygen atoms in total. The van der Waals surface area contributed by atoms with Crippen LogP contribution in [0.25, 0.3) is 0 Å². The minimum Gasteiger partial charge on any atom is -0.493 e. The van der Waals surface area contributed by atoms with Gasteiger partial charge in [-0.3, -0.25) is 10.1 Å². The van der Waals surface area contributed by atoms with Gasteiger partial charge in [0, 0.05) is 0 Å². The van der Waals surface area contributed by atoms with Gasteiger partial charge in [-0.1, -0.05) is 31.0 Å². The zero-order valence-electron chi connectivity index (χ0n) is 15.9. The third kappa shape index (κ3) is 4.75. The summed E-state index contributed by atoms with van der Waals surface area (Å²) in [4.78, 5) is 23.4. The highest BCUT2D eigenvalue weighted by Crippen LogP contribution is 2.35. The summed E-state index contributed by atoms with van der Waals surface area (Å²) in [6, 6.07) is 8.34. The first-order valence-electron chi connectivity index (χ1n) is 8.57. The Kier molecular flexibility index (Phi) is 6.76. The molecule has 0 amide bonds. The molecule has 2 aromatic rings. The number of benzene rings is 2. The smallest absolute Gasteiger partial charge is 0.338 e. The van der Waals surface area contributed by atoms with Gasteiger partial charge in [0.05, 0.1) is 36.3 Å². The fraction of sp³-hybridized carbons (Fsp3) is 0.350. The molecular formula is C20H23NO6. The van der Waals surface area contributed by atoms with E-state index in [4.69, 9.17) is 14.2 Å². The molecule has 0 aliphatic carbocycles. The van der Waals surface area contributed by atoms with Gasteiger partial charge in [-0.2, -0.15) is 0 Å². The minimum absolute atomic E-state index is 0.196. The van der Waals surface area contributed by atoms with E-state index in [0.29, 0.717) is 11.3 Å². The third-order valence-corrected chi connectivity index (χ3v) is 4.14. The first-order chi connectivity index (χ1) is 12.9. The number of nitro groups is 1. The number of nitrogens with zero attached hydrogens (tertiary/aromatic N) is 1. The number of aryl methyl sites for hydroxylation is 2. The van der Waals surface area contributed by atoms with E-state index < -0.39 is 10.9 Å². The molecule has 0 aromatic heterocycles. The van der Waals surface area contributed by atoms with Gasteiger partial charge >= 0.3 is 5.97 Å². The monoisotopic (exact) mass is 373 g/mol. The van der Waals surface area contributed by atoms with Crippen molar-refractivity contribution in [3.8, 4) is 11.5 Å². The number of hydrogen-bond donors (Lipinski definition) is 0. The summed E-state index contributed by atoms with van der Waals surface area (Å²) in [7, 11) is 2.83. The Hall–Kier alpha value is -3.09. The molecule has 0 heterocycles. The molecule has 0 fully saturated rings. The second-order valence-electron chi connectivity index (χ2n) is 6.08. The zero-order chi connectivity index (χ0) is 20.0. The Morgan fingerprint density at radius 1 is 1.07 bits per heavy atom. The minimum atomic E-state index is -0.541. The van der Waals surface area contributed by atoms with Crippen molar-refractivity contribution in [1.29, 1.82) is 0 Å². The highest BCUT2D eigenvalue weighted by molar-refractivity contribution is 5.91. The van der Waals surface area contributed by atoms with Crippen molar-refractivity contribution >= 4 is 11.7 Å². The average Bonchev–Trinajstić information content (AvgIpc) is 2.66. The topological polar surface area (TPSA) is 87.9 Å². The van der Waals surface area contributed by atoms with E-state index in [0.717, 1.165) is 24.0 Å². The van der Waals surface area contributed by atoms with E-state index in [1.54, 1.807) is 6.07 Å². The van der Waals surface area contributed by atoms with Gasteiger partial charge in [-0.25, -0.2) is 4.79 Å². The fourth-order valence-electron chi connectivity index (χ4n) is 2.78. The van der Waals surface area contributed by atoms with Gasteiger partial charge in [0.25, 0.3) is 5.69 Å². The summed E-state index contributed by atoms with van der Waals surface area (Å²) in [6.07, 6.45) is 1.64. The SMILES string of the molecule is CCCc1ccc(C)cc1C(=O)OCc1cc(OC)c(OC)cc1[N+](=O)[O-]. The molecule has 2 rings (SSSR count). The zero-order valence-corrected chi connectivity index (χ0v) is 15.9. The lowest BCUT2D eigenvalue weighted by atomic mass is 10.0. The number of ether oxygens (including phenoxy) is 3. The molecule has 144 valence electrons. The molecule has 0 saturated carbocycles. The summed E-state index contributed by atoms with van der Waals surface area (Å²) in [5.41, 5.74) is 2.36. The molecule has 0 aliphatic rings. The quantitative estimate of drug-likeness (QED) is 0.391. The summed E-state index contributed by atoms with van der Waals surface area (Å²) >= 11 is 0. The number of rotatable bonds is 8. The number of nitro benzene ring substituents is 1. The molecular weight excluding hydrogens is 350 g/mol. The van der Waals surface area contributed by atoms with Crippen molar-refractivity contribution in [2.24, 2.45) is 0 Å². The molecule has 7 heteroatoms. The van der Waals surface area contributed by atoms with Crippen molar-refractivity contribution in [1.82, 2.24) is 0 Å². The highest BCUT2D eigenvalue weighted by Gasteiger charge is 2.21. The van der Waals surface area contributed by atoms with Gasteiger partial charge in [0.15, 0.2) is 11.5 Å². The first-order valence-corrected chi connectivity index (χ1v) is 8.57. The Labute approximate surface area is 158 Å². The molecule has 0 N–H and O–H groups in total. The lowest BCUT2D eigenvalue weighted by Gasteiger charge is -2.12. The molecule has 0 aliphatic heterocycles. The van der Waals surface area contributed by atoms with Gasteiger partial charge < -0.3 is 14.2 Å². The Bertz CT molecular complexity index is 847. The number of carbonyl (C=O) groups is 1. The van der Waals surface area contributed by atoms with Crippen LogP contribution in [-0.4, -0.2) is 25.1 Å². The Balaban J connectivity index is 2.29. The largest absolute Gasteiger partial charge is 0.493 e. The van der Waals surface area contributed by atoms with Gasteiger partial charge in [-0.05, 0) is 31.0 Å². The van der Waals surface area contributed by atoms with E-state index in [2.05, 4.69) is 0 Å². The van der Waals surface area contributed by atoms with E-state index in [1.165, 1.54) is 26.4 Å². The number of methoxy groups -OCH3 is 2. The van der Waals surface area contributed by atoms with Crippen LogP contribution >= 0.6 is 0 Å². The average molecular weight is 373 g/mol. The van der Waals surface area contributed by atoms with Gasteiger partial charge in [0.2, 0.25) is 0 Å². The van der Waals surface area contributed by atoms with Crippen LogP contribution in [0.5, 0.6) is 11.5 Å². The van der Waals surface area contributed by atoms with Crippen LogP contribution in [0.1, 0.15) is 40.4 Å². The van der Waals surface area contributed by atoms with Crippen LogP contribution in [0.2, 0.25) is 0 Å². The first kappa shape index (κ1) is 20.2. The summed E-state index contributed by atoms with van der Waals surface area (Å²) in [6.45, 7) is 3.68. The standard InChI is InChI=1S/C20H23NO6/c1-5-6-14-8-7-13(2)9-16(14)20(22)27-12-15-10-18(25-3)19(26-4)11-17(15)21(23)24/h7-11H,5-6,12H2,1-4H3. The predicted octanol–water partition coefficient (Wildman–Crippen LogP) is 4.23. The predicted molar refractivity (Wildman–Crippen MR) is 100 cm³/mol. The van der Waals surface area contributed by atoms with Crippen LogP contribution in [0.4, 0.5) is 5.69 Å². The maximum Gasteiger partial charge on any atom is 0.338 e. The molecule has 0 unspecified atom stereocenters. The van der Waals surface area contributed by atoms with Gasteiger partial charge in [0.1, 0.15) is 6.61 Å². The van der Waals surface area contributed by atoms with E-state index >= 15 is 0 Å². The lowest BCUT2D eigenvalue weighted by molar-refractivity contribution is -0.385. The molecule has 0 spiro atoms. The highest BCUT2D eigenvalue weighted by atomic mass is 16.6. The van der Waals surface area contributed by atoms with Crippen LogP contribution in [0.15, 0.2) is 30.3 Å². The summed E-state index contributed by atoms with van der Waals surface area (Å²) in [5, 5.41) is 11.4. The molecule has 0 radical (unpaired) electrons. The van der Waals surface area contributed by atoms with Crippen LogP contribution in [0, 0.1) is 17.0 Å². The number of carbonyl (C=O) groups excluding carboxylic acids is 1. The normalized spacial score (nSPS) is 10.4. The van der Waals surface area contributed by atoms with Crippen molar-refractivity contribution in [3.63, 3.8) is 0 Å². The molecule has 2 aromatic carbocycles. The van der Waals surface area contributed by atoms with Crippen LogP contribution < -0.4 is 9.47 Å². The summed E-state index contributed by atoms with van der Waals surface area (Å²) in [5.74, 6) is 0.0609. The van der Waals surface area contributed by atoms with Crippen LogP contribution in [-0.2, 0) is 17.8 Å². The van der Waals surface area contributed by atoms with Crippen molar-refractivity contribution in [2.75, 3.05) is 14.2 Å². The Morgan fingerprint density at radius 2 is 1.74 bits per heavy atom. The molecule has 0 saturated heterocycles. The summed E-state index contributed by atoms with van der Waals surface area (Å²) < 4.78 is 15.7. The van der Waals surface area contributed by atoms with Gasteiger partial charge in [-0.15, -0.1) is 0 Å². The maximum absolute atomic E-state index is 12.6. The van der Waals surface area contributed by atoms with Crippen molar-refractivity contribution in [3.05, 3.63) is 62.7 Å². The molecule has 27 heavy (non-hydrogen) atoms. The fourth-order valence-corrected chi connectivity index (χ4v) is 2.78. The van der Waals surface area contributed by atoms with Crippen molar-refractivity contribution < 1.29 is 23.9 Å². The van der Waals surface area contributed by atoms with Crippen molar-refractivity contribution in [2.45, 2.75) is 33.3 Å². The second-order valence-corrected chi connectivity index (χ2v) is 6.08. The van der Waals surface area contributed by atoms with E-state index in [-0.39, 0.29) is 23.6 Å². The van der Waals surface area contributed by atoms with E-state index in [9.17, 15) is 14.9 Å².